The summed E-state index contributed by atoms with van der Waals surface area (Å²) in [7, 11) is -2.25. The summed E-state index contributed by atoms with van der Waals surface area (Å²) in [5.74, 6) is -0.955. The van der Waals surface area contributed by atoms with Crippen molar-refractivity contribution in [1.29, 1.82) is 0 Å². The summed E-state index contributed by atoms with van der Waals surface area (Å²) in [5.41, 5.74) is 6.31. The molecule has 2 amide bonds. The summed E-state index contributed by atoms with van der Waals surface area (Å²) in [6.07, 6.45) is 3.25. The van der Waals surface area contributed by atoms with Crippen LogP contribution in [0.2, 0.25) is 5.15 Å². The van der Waals surface area contributed by atoms with E-state index in [0.29, 0.717) is 23.0 Å². The van der Waals surface area contributed by atoms with Crippen LogP contribution in [0, 0.1) is 6.92 Å². The lowest BCUT2D eigenvalue weighted by atomic mass is 10.2. The van der Waals surface area contributed by atoms with Gasteiger partial charge in [0.2, 0.25) is 10.0 Å². The van der Waals surface area contributed by atoms with Gasteiger partial charge in [-0.2, -0.15) is 9.40 Å². The highest BCUT2D eigenvalue weighted by Gasteiger charge is 2.33. The molecule has 12 heteroatoms. The number of primary amides is 1. The topological polar surface area (TPSA) is 124 Å². The highest BCUT2D eigenvalue weighted by atomic mass is 35.5. The van der Waals surface area contributed by atoms with E-state index in [1.165, 1.54) is 21.1 Å². The number of hydrogen-bond acceptors (Lipinski definition) is 5. The predicted molar refractivity (Wildman–Crippen MR) is 115 cm³/mol. The number of carbonyl (C=O) groups is 2. The van der Waals surface area contributed by atoms with Crippen LogP contribution in [0.25, 0.3) is 0 Å². The van der Waals surface area contributed by atoms with Crippen LogP contribution >= 0.6 is 11.6 Å². The maximum absolute atomic E-state index is 13.0. The number of sulfonamides is 1. The number of nitrogens with two attached hydrogens (primary N) is 1. The molecule has 0 radical (unpaired) electrons. The zero-order chi connectivity index (χ0) is 22.9. The van der Waals surface area contributed by atoms with E-state index >= 15 is 0 Å². The Hall–Kier alpha value is -2.37. The van der Waals surface area contributed by atoms with Gasteiger partial charge < -0.3 is 15.2 Å². The molecule has 1 saturated heterocycles. The van der Waals surface area contributed by atoms with Crippen molar-refractivity contribution in [3.63, 3.8) is 0 Å². The SMILES string of the molecule is CCCCn1nc(C)c(C(=O)N2CCN(S(=O)(=O)c3cc(C(N)=O)n(C)c3)CC2)c1Cl. The van der Waals surface area contributed by atoms with Crippen LogP contribution < -0.4 is 5.73 Å². The predicted octanol–water partition coefficient (Wildman–Crippen LogP) is 1.23. The largest absolute Gasteiger partial charge is 0.364 e. The van der Waals surface area contributed by atoms with Crippen LogP contribution in [0.1, 0.15) is 46.3 Å². The lowest BCUT2D eigenvalue weighted by Gasteiger charge is -2.33. The van der Waals surface area contributed by atoms with Gasteiger partial charge in [0.25, 0.3) is 11.8 Å². The summed E-state index contributed by atoms with van der Waals surface area (Å²) in [4.78, 5) is 26.1. The lowest BCUT2D eigenvalue weighted by molar-refractivity contribution is 0.0697. The summed E-state index contributed by atoms with van der Waals surface area (Å²) in [5, 5.41) is 4.69. The van der Waals surface area contributed by atoms with E-state index in [1.807, 2.05) is 0 Å². The van der Waals surface area contributed by atoms with Gasteiger partial charge in [-0.05, 0) is 19.4 Å². The third kappa shape index (κ3) is 4.48. The summed E-state index contributed by atoms with van der Waals surface area (Å²) < 4.78 is 30.2. The summed E-state index contributed by atoms with van der Waals surface area (Å²) >= 11 is 6.41. The van der Waals surface area contributed by atoms with E-state index in [9.17, 15) is 18.0 Å². The Bertz CT molecular complexity index is 1100. The molecule has 31 heavy (non-hydrogen) atoms. The molecule has 0 atom stereocenters. The Morgan fingerprint density at radius 2 is 1.87 bits per heavy atom. The highest BCUT2D eigenvalue weighted by Crippen LogP contribution is 2.24. The molecule has 2 N–H and O–H groups in total. The van der Waals surface area contributed by atoms with Crippen LogP contribution in [0.15, 0.2) is 17.2 Å². The summed E-state index contributed by atoms with van der Waals surface area (Å²) in [6.45, 7) is 5.17. The fraction of sp³-hybridized carbons (Fsp3) is 0.526. The molecule has 0 spiro atoms. The zero-order valence-electron chi connectivity index (χ0n) is 17.8. The number of aryl methyl sites for hydroxylation is 3. The van der Waals surface area contributed by atoms with E-state index in [2.05, 4.69) is 12.0 Å². The van der Waals surface area contributed by atoms with Crippen molar-refractivity contribution in [2.45, 2.75) is 38.1 Å². The smallest absolute Gasteiger partial charge is 0.265 e. The molecule has 0 unspecified atom stereocenters. The Labute approximate surface area is 186 Å². The number of aromatic nitrogens is 3. The molecule has 1 fully saturated rings. The Morgan fingerprint density at radius 1 is 1.23 bits per heavy atom. The fourth-order valence-electron chi connectivity index (χ4n) is 3.61. The molecule has 0 aliphatic carbocycles. The quantitative estimate of drug-likeness (QED) is 0.651. The van der Waals surface area contributed by atoms with Gasteiger partial charge in [-0.1, -0.05) is 24.9 Å². The van der Waals surface area contributed by atoms with E-state index in [1.54, 1.807) is 23.6 Å². The number of unbranched alkanes of at least 4 members (excludes halogenated alkanes) is 1. The first-order chi connectivity index (χ1) is 14.6. The molecule has 0 bridgehead atoms. The normalized spacial score (nSPS) is 15.4. The molecule has 2 aromatic heterocycles. The second-order valence-corrected chi connectivity index (χ2v) is 9.86. The minimum absolute atomic E-state index is 0.000309. The first kappa shape index (κ1) is 23.3. The number of carbonyl (C=O) groups excluding carboxylic acids is 2. The number of rotatable bonds is 7. The van der Waals surface area contributed by atoms with Crippen LogP contribution in [0.4, 0.5) is 0 Å². The van der Waals surface area contributed by atoms with E-state index in [4.69, 9.17) is 17.3 Å². The standard InChI is InChI=1S/C19H27ClN6O4S/c1-4-5-6-26-17(20)16(13(2)22-26)19(28)24-7-9-25(10-8-24)31(29,30)14-11-15(18(21)27)23(3)12-14/h11-12H,4-10H2,1-3H3,(H2,21,27). The van der Waals surface area contributed by atoms with Crippen molar-refractivity contribution in [1.82, 2.24) is 23.6 Å². The zero-order valence-corrected chi connectivity index (χ0v) is 19.4. The molecule has 3 rings (SSSR count). The van der Waals surface area contributed by atoms with E-state index in [-0.39, 0.29) is 42.7 Å². The first-order valence-corrected chi connectivity index (χ1v) is 11.9. The molecular formula is C19H27ClN6O4S. The van der Waals surface area contributed by atoms with Crippen LogP contribution in [-0.2, 0) is 23.6 Å². The minimum atomic E-state index is -3.81. The maximum Gasteiger partial charge on any atom is 0.265 e. The van der Waals surface area contributed by atoms with Gasteiger partial charge in [0, 0.05) is 46.0 Å². The number of hydrogen-bond donors (Lipinski definition) is 1. The number of amides is 2. The van der Waals surface area contributed by atoms with Gasteiger partial charge in [-0.25, -0.2) is 8.42 Å². The molecule has 3 heterocycles. The van der Waals surface area contributed by atoms with Gasteiger partial charge >= 0.3 is 0 Å². The average molecular weight is 471 g/mol. The van der Waals surface area contributed by atoms with Gasteiger partial charge in [0.15, 0.2) is 0 Å². The monoisotopic (exact) mass is 470 g/mol. The first-order valence-electron chi connectivity index (χ1n) is 10.1. The van der Waals surface area contributed by atoms with Gasteiger partial charge in [-0.15, -0.1) is 0 Å². The molecule has 170 valence electrons. The van der Waals surface area contributed by atoms with Gasteiger partial charge in [0.05, 0.1) is 11.3 Å². The summed E-state index contributed by atoms with van der Waals surface area (Å²) in [6, 6.07) is 1.27. The van der Waals surface area contributed by atoms with Crippen molar-refractivity contribution in [3.8, 4) is 0 Å². The molecule has 2 aromatic rings. The fourth-order valence-corrected chi connectivity index (χ4v) is 5.45. The lowest BCUT2D eigenvalue weighted by Crippen LogP contribution is -2.50. The van der Waals surface area contributed by atoms with Crippen molar-refractivity contribution in [3.05, 3.63) is 34.4 Å². The Balaban J connectivity index is 1.72. The maximum atomic E-state index is 13.0. The number of nitrogens with zero attached hydrogens (tertiary/aromatic N) is 5. The van der Waals surface area contributed by atoms with Crippen molar-refractivity contribution in [2.24, 2.45) is 12.8 Å². The third-order valence-electron chi connectivity index (χ3n) is 5.40. The van der Waals surface area contributed by atoms with E-state index in [0.717, 1.165) is 12.8 Å². The van der Waals surface area contributed by atoms with Crippen molar-refractivity contribution >= 4 is 33.4 Å². The molecule has 0 aromatic carbocycles. The molecule has 0 saturated carbocycles. The molecule has 1 aliphatic heterocycles. The Morgan fingerprint density at radius 3 is 2.42 bits per heavy atom. The van der Waals surface area contributed by atoms with Crippen LogP contribution in [0.5, 0.6) is 0 Å². The minimum Gasteiger partial charge on any atom is -0.364 e. The van der Waals surface area contributed by atoms with Crippen LogP contribution in [0.3, 0.4) is 0 Å². The number of halogens is 1. The van der Waals surface area contributed by atoms with Crippen molar-refractivity contribution in [2.75, 3.05) is 26.2 Å². The average Bonchev–Trinajstić information content (AvgIpc) is 3.26. The second kappa shape index (κ2) is 9.01. The molecule has 1 aliphatic rings. The van der Waals surface area contributed by atoms with Gasteiger partial charge in [0.1, 0.15) is 15.7 Å². The van der Waals surface area contributed by atoms with E-state index < -0.39 is 15.9 Å². The highest BCUT2D eigenvalue weighted by molar-refractivity contribution is 7.89. The van der Waals surface area contributed by atoms with Crippen LogP contribution in [-0.4, -0.2) is 70.0 Å². The molecule has 10 nitrogen and oxygen atoms in total. The Kier molecular flexibility index (Phi) is 6.77. The number of piperazine rings is 1. The second-order valence-electron chi connectivity index (χ2n) is 7.56. The molecular weight excluding hydrogens is 444 g/mol. The van der Waals surface area contributed by atoms with Gasteiger partial charge in [-0.3, -0.25) is 14.3 Å². The third-order valence-corrected chi connectivity index (χ3v) is 7.65. The van der Waals surface area contributed by atoms with Crippen molar-refractivity contribution < 1.29 is 18.0 Å².